The molecule has 2 aromatic rings. The Morgan fingerprint density at radius 1 is 1.29 bits per heavy atom. The molecule has 0 radical (unpaired) electrons. The summed E-state index contributed by atoms with van der Waals surface area (Å²) in [6.45, 7) is 1.85. The molecular weight excluding hydrogens is 272 g/mol. The van der Waals surface area contributed by atoms with Gasteiger partial charge < -0.3 is 9.64 Å². The predicted molar refractivity (Wildman–Crippen MR) is 79.7 cm³/mol. The Labute approximate surface area is 122 Å². The fourth-order valence-corrected chi connectivity index (χ4v) is 1.97. The molecule has 0 saturated carbocycles. The number of aryl methyl sites for hydroxylation is 1. The maximum atomic E-state index is 11.3. The van der Waals surface area contributed by atoms with E-state index in [1.54, 1.807) is 25.1 Å². The highest BCUT2D eigenvalue weighted by molar-refractivity contribution is 5.73. The first-order chi connectivity index (χ1) is 9.93. The van der Waals surface area contributed by atoms with Crippen LogP contribution in [0.2, 0.25) is 0 Å². The number of nitrogens with zero attached hydrogens (tertiary/aromatic N) is 4. The Hall–Kier alpha value is -2.70. The van der Waals surface area contributed by atoms with Crippen molar-refractivity contribution in [1.82, 2.24) is 9.97 Å². The Bertz CT molecular complexity index is 686. The van der Waals surface area contributed by atoms with E-state index >= 15 is 0 Å². The van der Waals surface area contributed by atoms with Crippen LogP contribution < -0.4 is 9.64 Å². The van der Waals surface area contributed by atoms with Gasteiger partial charge in [-0.05, 0) is 19.1 Å². The lowest BCUT2D eigenvalue weighted by Crippen LogP contribution is -2.14. The number of pyridine rings is 2. The molecule has 0 fully saturated rings. The Kier molecular flexibility index (Phi) is 4.02. The molecule has 0 aliphatic carbocycles. The molecule has 0 atom stereocenters. The molecule has 0 aliphatic rings. The Balaban J connectivity index is 2.71. The van der Waals surface area contributed by atoms with E-state index in [4.69, 9.17) is 4.74 Å². The van der Waals surface area contributed by atoms with Crippen LogP contribution in [0.5, 0.6) is 5.88 Å². The highest BCUT2D eigenvalue weighted by atomic mass is 16.6. The summed E-state index contributed by atoms with van der Waals surface area (Å²) in [4.78, 5) is 21.0. The third kappa shape index (κ3) is 2.91. The Morgan fingerprint density at radius 2 is 2.00 bits per heavy atom. The third-order valence-electron chi connectivity index (χ3n) is 2.93. The number of rotatable bonds is 4. The van der Waals surface area contributed by atoms with Crippen molar-refractivity contribution in [1.29, 1.82) is 0 Å². The second-order valence-corrected chi connectivity index (χ2v) is 4.70. The number of anilines is 1. The summed E-state index contributed by atoms with van der Waals surface area (Å²) in [6, 6.07) is 6.91. The van der Waals surface area contributed by atoms with Crippen LogP contribution in [0, 0.1) is 17.0 Å². The van der Waals surface area contributed by atoms with Gasteiger partial charge in [0.25, 0.3) is 0 Å². The first-order valence-corrected chi connectivity index (χ1v) is 6.28. The second-order valence-electron chi connectivity index (χ2n) is 4.70. The van der Waals surface area contributed by atoms with Crippen LogP contribution in [-0.2, 0) is 0 Å². The lowest BCUT2D eigenvalue weighted by Gasteiger charge is -2.15. The monoisotopic (exact) mass is 288 g/mol. The summed E-state index contributed by atoms with van der Waals surface area (Å²) in [5, 5.41) is 11.3. The van der Waals surface area contributed by atoms with Crippen molar-refractivity contribution in [3.05, 3.63) is 40.1 Å². The molecule has 21 heavy (non-hydrogen) atoms. The van der Waals surface area contributed by atoms with Crippen molar-refractivity contribution in [2.75, 3.05) is 26.1 Å². The summed E-state index contributed by atoms with van der Waals surface area (Å²) in [5.74, 6) is 0.552. The Morgan fingerprint density at radius 3 is 2.52 bits per heavy atom. The third-order valence-corrected chi connectivity index (χ3v) is 2.93. The van der Waals surface area contributed by atoms with Crippen LogP contribution in [0.1, 0.15) is 5.69 Å². The maximum Gasteiger partial charge on any atom is 0.312 e. The van der Waals surface area contributed by atoms with Gasteiger partial charge >= 0.3 is 5.69 Å². The van der Waals surface area contributed by atoms with Gasteiger partial charge in [-0.1, -0.05) is 6.07 Å². The quantitative estimate of drug-likeness (QED) is 0.635. The van der Waals surface area contributed by atoms with E-state index in [1.165, 1.54) is 13.2 Å². The number of nitro groups is 1. The second kappa shape index (κ2) is 5.74. The molecule has 0 amide bonds. The van der Waals surface area contributed by atoms with E-state index in [0.29, 0.717) is 17.1 Å². The first-order valence-electron chi connectivity index (χ1n) is 6.28. The minimum absolute atomic E-state index is 0.0842. The topological polar surface area (TPSA) is 81.4 Å². The van der Waals surface area contributed by atoms with Crippen LogP contribution in [0.15, 0.2) is 24.3 Å². The minimum atomic E-state index is -0.457. The van der Waals surface area contributed by atoms with E-state index < -0.39 is 4.92 Å². The largest absolute Gasteiger partial charge is 0.480 e. The molecule has 2 heterocycles. The predicted octanol–water partition coefficient (Wildman–Crippen LogP) is 2.43. The van der Waals surface area contributed by atoms with Crippen molar-refractivity contribution in [2.45, 2.75) is 6.92 Å². The fraction of sp³-hybridized carbons (Fsp3) is 0.286. The van der Waals surface area contributed by atoms with Crippen LogP contribution in [0.3, 0.4) is 0 Å². The molecule has 0 spiro atoms. The van der Waals surface area contributed by atoms with Crippen molar-refractivity contribution in [3.63, 3.8) is 0 Å². The normalized spacial score (nSPS) is 10.3. The summed E-state index contributed by atoms with van der Waals surface area (Å²) < 4.78 is 5.26. The van der Waals surface area contributed by atoms with Crippen LogP contribution >= 0.6 is 0 Å². The van der Waals surface area contributed by atoms with Gasteiger partial charge in [0, 0.05) is 25.9 Å². The fourth-order valence-electron chi connectivity index (χ4n) is 1.97. The summed E-state index contributed by atoms with van der Waals surface area (Å²) in [7, 11) is 4.87. The molecule has 0 aromatic carbocycles. The average molecular weight is 288 g/mol. The molecule has 0 N–H and O–H groups in total. The van der Waals surface area contributed by atoms with E-state index in [2.05, 4.69) is 9.97 Å². The molecule has 7 heteroatoms. The number of hydrogen-bond acceptors (Lipinski definition) is 6. The van der Waals surface area contributed by atoms with Gasteiger partial charge in [-0.3, -0.25) is 15.1 Å². The molecule has 0 saturated heterocycles. The van der Waals surface area contributed by atoms with Gasteiger partial charge in [0.15, 0.2) is 0 Å². The number of aromatic nitrogens is 2. The van der Waals surface area contributed by atoms with Crippen LogP contribution in [0.4, 0.5) is 11.5 Å². The summed E-state index contributed by atoms with van der Waals surface area (Å²) in [5.41, 5.74) is 1.82. The summed E-state index contributed by atoms with van der Waals surface area (Å²) in [6.07, 6.45) is 0. The van der Waals surface area contributed by atoms with Gasteiger partial charge in [0.2, 0.25) is 11.7 Å². The SMILES string of the molecule is COc1nc(N(C)C)c([N+](=O)[O-])cc1-c1cccc(C)n1. The molecule has 2 aromatic heterocycles. The van der Waals surface area contributed by atoms with Gasteiger partial charge in [-0.25, -0.2) is 0 Å². The molecule has 0 unspecified atom stereocenters. The highest BCUT2D eigenvalue weighted by Gasteiger charge is 2.23. The highest BCUT2D eigenvalue weighted by Crippen LogP contribution is 2.35. The number of hydrogen-bond donors (Lipinski definition) is 0. The maximum absolute atomic E-state index is 11.3. The number of methoxy groups -OCH3 is 1. The van der Waals surface area contributed by atoms with Crippen molar-refractivity contribution >= 4 is 11.5 Å². The summed E-state index contributed by atoms with van der Waals surface area (Å²) >= 11 is 0. The molecule has 0 bridgehead atoms. The van der Waals surface area contributed by atoms with E-state index in [9.17, 15) is 10.1 Å². The van der Waals surface area contributed by atoms with Crippen molar-refractivity contribution < 1.29 is 9.66 Å². The van der Waals surface area contributed by atoms with Crippen molar-refractivity contribution in [3.8, 4) is 17.1 Å². The van der Waals surface area contributed by atoms with E-state index in [1.807, 2.05) is 19.1 Å². The number of ether oxygens (including phenoxy) is 1. The average Bonchev–Trinajstić information content (AvgIpc) is 2.45. The van der Waals surface area contributed by atoms with Crippen LogP contribution in [-0.4, -0.2) is 36.1 Å². The molecule has 7 nitrogen and oxygen atoms in total. The van der Waals surface area contributed by atoms with E-state index in [0.717, 1.165) is 5.69 Å². The lowest BCUT2D eigenvalue weighted by atomic mass is 10.1. The minimum Gasteiger partial charge on any atom is -0.480 e. The molecular formula is C14H16N4O3. The smallest absolute Gasteiger partial charge is 0.312 e. The first kappa shape index (κ1) is 14.7. The zero-order valence-corrected chi connectivity index (χ0v) is 12.3. The zero-order chi connectivity index (χ0) is 15.6. The van der Waals surface area contributed by atoms with Gasteiger partial charge in [0.1, 0.15) is 0 Å². The van der Waals surface area contributed by atoms with Gasteiger partial charge in [0.05, 0.1) is 23.3 Å². The molecule has 2 rings (SSSR count). The van der Waals surface area contributed by atoms with Gasteiger partial charge in [-0.15, -0.1) is 0 Å². The molecule has 0 aliphatic heterocycles. The van der Waals surface area contributed by atoms with Gasteiger partial charge in [-0.2, -0.15) is 4.98 Å². The standard InChI is InChI=1S/C14H16N4O3/c1-9-6-5-7-11(15-9)10-8-12(18(19)20)13(17(2)3)16-14(10)21-4/h5-8H,1-4H3. The van der Waals surface area contributed by atoms with E-state index in [-0.39, 0.29) is 11.5 Å². The van der Waals surface area contributed by atoms with Crippen LogP contribution in [0.25, 0.3) is 11.3 Å². The van der Waals surface area contributed by atoms with Crippen molar-refractivity contribution in [2.24, 2.45) is 0 Å². The zero-order valence-electron chi connectivity index (χ0n) is 12.3. The lowest BCUT2D eigenvalue weighted by molar-refractivity contribution is -0.384. The molecule has 110 valence electrons.